The van der Waals surface area contributed by atoms with Gasteiger partial charge in [-0.25, -0.2) is 9.37 Å². The van der Waals surface area contributed by atoms with Gasteiger partial charge in [-0.15, -0.1) is 11.3 Å². The Balaban J connectivity index is 1.30. The van der Waals surface area contributed by atoms with Crippen LogP contribution in [0.4, 0.5) is 15.8 Å². The molecule has 1 fully saturated rings. The van der Waals surface area contributed by atoms with E-state index in [0.29, 0.717) is 59.5 Å². The van der Waals surface area contributed by atoms with Gasteiger partial charge in [0.1, 0.15) is 22.0 Å². The Kier molecular flexibility index (Phi) is 6.03. The van der Waals surface area contributed by atoms with Crippen LogP contribution in [0.1, 0.15) is 5.82 Å². The summed E-state index contributed by atoms with van der Waals surface area (Å²) >= 11 is 7.26. The predicted octanol–water partition coefficient (Wildman–Crippen LogP) is 4.67. The number of H-pyrrole nitrogens is 1. The number of nitro groups is 1. The Morgan fingerprint density at radius 1 is 1.12 bits per heavy atom. The van der Waals surface area contributed by atoms with Crippen molar-refractivity contribution in [3.63, 3.8) is 0 Å². The number of nitrogens with one attached hydrogen (secondary N) is 1. The number of nitrogens with zero attached hydrogens (tertiary/aromatic N) is 4. The van der Waals surface area contributed by atoms with E-state index >= 15 is 0 Å². The van der Waals surface area contributed by atoms with Gasteiger partial charge in [0.25, 0.3) is 11.2 Å². The fraction of sp³-hybridized carbons (Fsp3) is 0.217. The summed E-state index contributed by atoms with van der Waals surface area (Å²) in [4.78, 5) is 36.1. The van der Waals surface area contributed by atoms with E-state index in [9.17, 15) is 19.3 Å². The number of piperazine rings is 1. The first-order valence-corrected chi connectivity index (χ1v) is 11.8. The highest BCUT2D eigenvalue weighted by Gasteiger charge is 2.24. The quantitative estimate of drug-likeness (QED) is 0.316. The van der Waals surface area contributed by atoms with Gasteiger partial charge in [-0.1, -0.05) is 23.7 Å². The second kappa shape index (κ2) is 9.13. The third-order valence-corrected chi connectivity index (χ3v) is 7.19. The van der Waals surface area contributed by atoms with Crippen molar-refractivity contribution in [1.82, 2.24) is 14.9 Å². The maximum Gasteiger partial charge on any atom is 0.294 e. The van der Waals surface area contributed by atoms with Crippen LogP contribution in [0.15, 0.2) is 53.3 Å². The zero-order valence-corrected chi connectivity index (χ0v) is 19.4. The molecule has 0 spiro atoms. The van der Waals surface area contributed by atoms with Crippen LogP contribution in [0.5, 0.6) is 0 Å². The van der Waals surface area contributed by atoms with Crippen LogP contribution in [-0.4, -0.2) is 46.0 Å². The number of nitro benzene ring substituents is 1. The average Bonchev–Trinajstić information content (AvgIpc) is 3.25. The monoisotopic (exact) mass is 499 g/mol. The highest BCUT2D eigenvalue weighted by molar-refractivity contribution is 7.22. The minimum absolute atomic E-state index is 0.00758. The highest BCUT2D eigenvalue weighted by atomic mass is 35.5. The maximum absolute atomic E-state index is 13.2. The molecule has 1 aliphatic heterocycles. The van der Waals surface area contributed by atoms with E-state index in [-0.39, 0.29) is 17.1 Å². The van der Waals surface area contributed by atoms with E-state index in [4.69, 9.17) is 11.6 Å². The molecule has 3 heterocycles. The van der Waals surface area contributed by atoms with Gasteiger partial charge < -0.3 is 9.88 Å². The summed E-state index contributed by atoms with van der Waals surface area (Å²) in [5, 5.41) is 11.7. The summed E-state index contributed by atoms with van der Waals surface area (Å²) in [5.41, 5.74) is 1.78. The summed E-state index contributed by atoms with van der Waals surface area (Å²) in [6, 6.07) is 12.7. The van der Waals surface area contributed by atoms with Gasteiger partial charge in [-0.2, -0.15) is 0 Å². The second-order valence-electron chi connectivity index (χ2n) is 8.00. The molecule has 4 aromatic rings. The maximum atomic E-state index is 13.2. The standard InChI is InChI=1S/C23H19ClFN5O3S/c24-15-3-6-18(19(11-15)30(32)33)29-9-7-28(8-10-29)13-21-26-17-12-20(34-22(17)23(31)27-21)14-1-4-16(25)5-2-14/h1-6,11-12H,7-10,13H2,(H,26,27,31). The van der Waals surface area contributed by atoms with Gasteiger partial charge >= 0.3 is 0 Å². The number of hydrogen-bond donors (Lipinski definition) is 1. The number of benzene rings is 2. The molecular weight excluding hydrogens is 481 g/mol. The topological polar surface area (TPSA) is 95.4 Å². The summed E-state index contributed by atoms with van der Waals surface area (Å²) in [6.45, 7) is 2.98. The Labute approximate surface area is 202 Å². The average molecular weight is 500 g/mol. The molecule has 0 aliphatic carbocycles. The third kappa shape index (κ3) is 4.52. The van der Waals surface area contributed by atoms with Crippen molar-refractivity contribution in [1.29, 1.82) is 0 Å². The number of aromatic amines is 1. The van der Waals surface area contributed by atoms with E-state index < -0.39 is 4.92 Å². The summed E-state index contributed by atoms with van der Waals surface area (Å²) in [6.07, 6.45) is 0. The molecule has 0 bridgehead atoms. The van der Waals surface area contributed by atoms with Crippen LogP contribution < -0.4 is 10.5 Å². The van der Waals surface area contributed by atoms with E-state index in [1.165, 1.54) is 29.5 Å². The number of halogens is 2. The fourth-order valence-electron chi connectivity index (χ4n) is 4.09. The predicted molar refractivity (Wildman–Crippen MR) is 131 cm³/mol. The van der Waals surface area contributed by atoms with Crippen LogP contribution in [0, 0.1) is 15.9 Å². The third-order valence-electron chi connectivity index (χ3n) is 5.78. The van der Waals surface area contributed by atoms with E-state index in [1.807, 2.05) is 11.0 Å². The van der Waals surface area contributed by atoms with Crippen molar-refractivity contribution in [2.24, 2.45) is 0 Å². The lowest BCUT2D eigenvalue weighted by molar-refractivity contribution is -0.384. The molecule has 1 N–H and O–H groups in total. The molecule has 8 nitrogen and oxygen atoms in total. The molecule has 5 rings (SSSR count). The van der Waals surface area contributed by atoms with Crippen LogP contribution >= 0.6 is 22.9 Å². The molecule has 2 aromatic heterocycles. The van der Waals surface area contributed by atoms with Crippen molar-refractivity contribution in [3.8, 4) is 10.4 Å². The van der Waals surface area contributed by atoms with Crippen LogP contribution in [0.25, 0.3) is 20.7 Å². The molecule has 1 saturated heterocycles. The molecule has 1 aliphatic rings. The van der Waals surface area contributed by atoms with Crippen LogP contribution in [-0.2, 0) is 6.54 Å². The Morgan fingerprint density at radius 2 is 1.85 bits per heavy atom. The normalized spacial score (nSPS) is 14.6. The molecule has 0 atom stereocenters. The minimum atomic E-state index is -0.418. The lowest BCUT2D eigenvalue weighted by Gasteiger charge is -2.35. The lowest BCUT2D eigenvalue weighted by Crippen LogP contribution is -2.46. The number of anilines is 1. The Morgan fingerprint density at radius 3 is 2.56 bits per heavy atom. The van der Waals surface area contributed by atoms with Crippen LogP contribution in [0.2, 0.25) is 5.02 Å². The fourth-order valence-corrected chi connectivity index (χ4v) is 5.25. The van der Waals surface area contributed by atoms with Gasteiger partial charge in [-0.05, 0) is 35.9 Å². The summed E-state index contributed by atoms with van der Waals surface area (Å²) in [5.74, 6) is 0.251. The number of aromatic nitrogens is 2. The smallest absolute Gasteiger partial charge is 0.294 e. The highest BCUT2D eigenvalue weighted by Crippen LogP contribution is 2.32. The van der Waals surface area contributed by atoms with E-state index in [1.54, 1.807) is 24.3 Å². The van der Waals surface area contributed by atoms with Gasteiger partial charge in [-0.3, -0.25) is 19.8 Å². The lowest BCUT2D eigenvalue weighted by atomic mass is 10.2. The number of rotatable bonds is 5. The van der Waals surface area contributed by atoms with E-state index in [2.05, 4.69) is 14.9 Å². The molecule has 0 radical (unpaired) electrons. The molecular formula is C23H19ClFN5O3S. The zero-order valence-electron chi connectivity index (χ0n) is 17.8. The number of thiophene rings is 1. The largest absolute Gasteiger partial charge is 0.363 e. The summed E-state index contributed by atoms with van der Waals surface area (Å²) in [7, 11) is 0. The molecule has 11 heteroatoms. The van der Waals surface area contributed by atoms with Gasteiger partial charge in [0.2, 0.25) is 0 Å². The number of hydrogen-bond acceptors (Lipinski definition) is 7. The minimum Gasteiger partial charge on any atom is -0.363 e. The SMILES string of the molecule is O=c1[nH]c(CN2CCN(c3ccc(Cl)cc3[N+](=O)[O-])CC2)nc2cc(-c3ccc(F)cc3)sc12. The van der Waals surface area contributed by atoms with E-state index in [0.717, 1.165) is 10.4 Å². The van der Waals surface area contributed by atoms with Crippen molar-refractivity contribution in [2.45, 2.75) is 6.54 Å². The number of fused-ring (bicyclic) bond motifs is 1. The van der Waals surface area contributed by atoms with Gasteiger partial charge in [0.05, 0.1) is 17.0 Å². The molecule has 174 valence electrons. The van der Waals surface area contributed by atoms with Gasteiger partial charge in [0, 0.05) is 42.1 Å². The molecule has 2 aromatic carbocycles. The van der Waals surface area contributed by atoms with Crippen molar-refractivity contribution in [3.05, 3.63) is 85.7 Å². The van der Waals surface area contributed by atoms with Crippen molar-refractivity contribution < 1.29 is 9.31 Å². The molecule has 0 unspecified atom stereocenters. The Bertz CT molecular complexity index is 1430. The van der Waals surface area contributed by atoms with Crippen molar-refractivity contribution in [2.75, 3.05) is 31.1 Å². The summed E-state index contributed by atoms with van der Waals surface area (Å²) < 4.78 is 13.8. The Hall–Kier alpha value is -3.34. The molecule has 0 saturated carbocycles. The van der Waals surface area contributed by atoms with Crippen LogP contribution in [0.3, 0.4) is 0 Å². The molecule has 0 amide bonds. The first kappa shape index (κ1) is 22.5. The first-order valence-electron chi connectivity index (χ1n) is 10.6. The van der Waals surface area contributed by atoms with Crippen molar-refractivity contribution >= 4 is 44.5 Å². The van der Waals surface area contributed by atoms with Gasteiger partial charge in [0.15, 0.2) is 0 Å². The first-order chi connectivity index (χ1) is 16.4. The zero-order chi connectivity index (χ0) is 23.8. The second-order valence-corrected chi connectivity index (χ2v) is 9.49. The molecule has 34 heavy (non-hydrogen) atoms.